The summed E-state index contributed by atoms with van der Waals surface area (Å²) in [5.74, 6) is 0.835. The van der Waals surface area contributed by atoms with Gasteiger partial charge in [-0.1, -0.05) is 0 Å². The molecule has 1 rings (SSSR count). The van der Waals surface area contributed by atoms with Crippen LogP contribution in [0.5, 0.6) is 0 Å². The first-order valence-corrected chi connectivity index (χ1v) is 3.61. The second-order valence-electron chi connectivity index (χ2n) is 3.02. The molecule has 0 unspecified atom stereocenters. The lowest BCUT2D eigenvalue weighted by Crippen LogP contribution is -2.44. The van der Waals surface area contributed by atoms with E-state index in [0.29, 0.717) is 12.3 Å². The number of amides is 1. The standard InChI is InChI=1S/C7H14N2O/c1-9(2)7(10)3-6-4-8-5-6/h6,8H,3-5H2,1-2H3. The minimum absolute atomic E-state index is 0.242. The van der Waals surface area contributed by atoms with Crippen LogP contribution < -0.4 is 5.32 Å². The van der Waals surface area contributed by atoms with Crippen LogP contribution in [0.15, 0.2) is 0 Å². The predicted molar refractivity (Wildman–Crippen MR) is 39.7 cm³/mol. The molecule has 0 bridgehead atoms. The fourth-order valence-electron chi connectivity index (χ4n) is 0.922. The van der Waals surface area contributed by atoms with Crippen molar-refractivity contribution < 1.29 is 4.79 Å². The van der Waals surface area contributed by atoms with Crippen LogP contribution in [0.2, 0.25) is 0 Å². The molecule has 58 valence electrons. The number of rotatable bonds is 2. The molecule has 0 radical (unpaired) electrons. The largest absolute Gasteiger partial charge is 0.349 e. The van der Waals surface area contributed by atoms with Gasteiger partial charge in [-0.2, -0.15) is 0 Å². The Labute approximate surface area is 61.4 Å². The van der Waals surface area contributed by atoms with E-state index in [1.807, 2.05) is 0 Å². The van der Waals surface area contributed by atoms with Gasteiger partial charge < -0.3 is 10.2 Å². The van der Waals surface area contributed by atoms with Gasteiger partial charge in [0, 0.05) is 20.5 Å². The van der Waals surface area contributed by atoms with E-state index in [4.69, 9.17) is 0 Å². The monoisotopic (exact) mass is 142 g/mol. The van der Waals surface area contributed by atoms with Gasteiger partial charge in [0.1, 0.15) is 0 Å². The number of hydrogen-bond acceptors (Lipinski definition) is 2. The quantitative estimate of drug-likeness (QED) is 0.573. The molecule has 1 aliphatic rings. The molecule has 0 atom stereocenters. The molecule has 0 aromatic carbocycles. The molecule has 3 nitrogen and oxygen atoms in total. The van der Waals surface area contributed by atoms with E-state index in [0.717, 1.165) is 13.1 Å². The maximum Gasteiger partial charge on any atom is 0.222 e. The Morgan fingerprint density at radius 1 is 1.60 bits per heavy atom. The Morgan fingerprint density at radius 3 is 2.50 bits per heavy atom. The zero-order valence-electron chi connectivity index (χ0n) is 6.55. The minimum Gasteiger partial charge on any atom is -0.349 e. The van der Waals surface area contributed by atoms with Crippen LogP contribution in [0.4, 0.5) is 0 Å². The lowest BCUT2D eigenvalue weighted by molar-refractivity contribution is -0.130. The lowest BCUT2D eigenvalue weighted by Gasteiger charge is -2.27. The molecule has 0 aromatic rings. The van der Waals surface area contributed by atoms with Crippen molar-refractivity contribution >= 4 is 5.91 Å². The molecule has 0 spiro atoms. The van der Waals surface area contributed by atoms with Crippen molar-refractivity contribution in [1.82, 2.24) is 10.2 Å². The Morgan fingerprint density at radius 2 is 2.20 bits per heavy atom. The molecule has 0 aromatic heterocycles. The van der Waals surface area contributed by atoms with Crippen LogP contribution in [0, 0.1) is 5.92 Å². The van der Waals surface area contributed by atoms with Crippen molar-refractivity contribution in [2.75, 3.05) is 27.2 Å². The summed E-state index contributed by atoms with van der Waals surface area (Å²) in [6, 6.07) is 0. The van der Waals surface area contributed by atoms with Gasteiger partial charge in [-0.05, 0) is 19.0 Å². The Kier molecular flexibility index (Phi) is 2.27. The van der Waals surface area contributed by atoms with Gasteiger partial charge in [0.2, 0.25) is 5.91 Å². The highest BCUT2D eigenvalue weighted by Gasteiger charge is 2.20. The Hall–Kier alpha value is -0.570. The van der Waals surface area contributed by atoms with E-state index in [-0.39, 0.29) is 5.91 Å². The molecule has 10 heavy (non-hydrogen) atoms. The lowest BCUT2D eigenvalue weighted by atomic mass is 9.99. The van der Waals surface area contributed by atoms with Crippen LogP contribution in [0.1, 0.15) is 6.42 Å². The van der Waals surface area contributed by atoms with E-state index in [2.05, 4.69) is 5.32 Å². The van der Waals surface area contributed by atoms with Crippen molar-refractivity contribution in [3.05, 3.63) is 0 Å². The first kappa shape index (κ1) is 7.54. The predicted octanol–water partition coefficient (Wildman–Crippen LogP) is -0.316. The molecule has 3 heteroatoms. The number of hydrogen-bond donors (Lipinski definition) is 1. The average Bonchev–Trinajstić information content (AvgIpc) is 1.77. The molecule has 1 heterocycles. The van der Waals surface area contributed by atoms with Gasteiger partial charge in [0.25, 0.3) is 0 Å². The van der Waals surface area contributed by atoms with Crippen LogP contribution in [0.3, 0.4) is 0 Å². The highest BCUT2D eigenvalue weighted by molar-refractivity contribution is 5.75. The topological polar surface area (TPSA) is 32.3 Å². The van der Waals surface area contributed by atoms with Gasteiger partial charge in [-0.25, -0.2) is 0 Å². The first-order chi connectivity index (χ1) is 4.70. The fraction of sp³-hybridized carbons (Fsp3) is 0.857. The summed E-state index contributed by atoms with van der Waals surface area (Å²) in [6.45, 7) is 2.03. The number of nitrogens with zero attached hydrogens (tertiary/aromatic N) is 1. The summed E-state index contributed by atoms with van der Waals surface area (Å²) < 4.78 is 0. The summed E-state index contributed by atoms with van der Waals surface area (Å²) in [5, 5.41) is 3.13. The SMILES string of the molecule is CN(C)C(=O)CC1CNC1. The van der Waals surface area contributed by atoms with Crippen LogP contribution in [-0.4, -0.2) is 38.0 Å². The summed E-state index contributed by atoms with van der Waals surface area (Å²) in [4.78, 5) is 12.7. The van der Waals surface area contributed by atoms with Crippen LogP contribution >= 0.6 is 0 Å². The van der Waals surface area contributed by atoms with Crippen LogP contribution in [0.25, 0.3) is 0 Å². The third kappa shape index (κ3) is 1.70. The third-order valence-corrected chi connectivity index (χ3v) is 1.83. The number of carbonyl (C=O) groups is 1. The third-order valence-electron chi connectivity index (χ3n) is 1.83. The molecular formula is C7H14N2O. The number of carbonyl (C=O) groups excluding carboxylic acids is 1. The van der Waals surface area contributed by atoms with Gasteiger partial charge in [0.05, 0.1) is 0 Å². The van der Waals surface area contributed by atoms with Crippen molar-refractivity contribution in [2.24, 2.45) is 5.92 Å². The van der Waals surface area contributed by atoms with E-state index in [1.54, 1.807) is 19.0 Å². The highest BCUT2D eigenvalue weighted by Crippen LogP contribution is 2.08. The molecule has 0 aliphatic carbocycles. The van der Waals surface area contributed by atoms with Gasteiger partial charge >= 0.3 is 0 Å². The van der Waals surface area contributed by atoms with Crippen molar-refractivity contribution in [3.8, 4) is 0 Å². The van der Waals surface area contributed by atoms with E-state index < -0.39 is 0 Å². The maximum atomic E-state index is 11.0. The minimum atomic E-state index is 0.242. The molecule has 1 N–H and O–H groups in total. The summed E-state index contributed by atoms with van der Waals surface area (Å²) >= 11 is 0. The second-order valence-corrected chi connectivity index (χ2v) is 3.02. The Bertz CT molecular complexity index is 130. The van der Waals surface area contributed by atoms with E-state index >= 15 is 0 Å². The first-order valence-electron chi connectivity index (χ1n) is 3.61. The smallest absolute Gasteiger partial charge is 0.222 e. The average molecular weight is 142 g/mol. The summed E-state index contributed by atoms with van der Waals surface area (Å²) in [6.07, 6.45) is 0.708. The van der Waals surface area contributed by atoms with E-state index in [9.17, 15) is 4.79 Å². The van der Waals surface area contributed by atoms with Crippen LogP contribution in [-0.2, 0) is 4.79 Å². The van der Waals surface area contributed by atoms with Crippen molar-refractivity contribution in [2.45, 2.75) is 6.42 Å². The van der Waals surface area contributed by atoms with Gasteiger partial charge in [0.15, 0.2) is 0 Å². The molecule has 1 fully saturated rings. The fourth-order valence-corrected chi connectivity index (χ4v) is 0.922. The highest BCUT2D eigenvalue weighted by atomic mass is 16.2. The molecular weight excluding hydrogens is 128 g/mol. The number of nitrogens with one attached hydrogen (secondary N) is 1. The maximum absolute atomic E-state index is 11.0. The normalized spacial score (nSPS) is 18.2. The molecule has 1 amide bonds. The Balaban J connectivity index is 2.17. The second kappa shape index (κ2) is 3.01. The van der Waals surface area contributed by atoms with Gasteiger partial charge in [-0.15, -0.1) is 0 Å². The van der Waals surface area contributed by atoms with Gasteiger partial charge in [-0.3, -0.25) is 4.79 Å². The zero-order valence-corrected chi connectivity index (χ0v) is 6.55. The van der Waals surface area contributed by atoms with E-state index in [1.165, 1.54) is 0 Å². The van der Waals surface area contributed by atoms with Crippen molar-refractivity contribution in [3.63, 3.8) is 0 Å². The summed E-state index contributed by atoms with van der Waals surface area (Å²) in [5.41, 5.74) is 0. The zero-order chi connectivity index (χ0) is 7.56. The molecule has 1 aliphatic heterocycles. The molecule has 0 saturated carbocycles. The summed E-state index contributed by atoms with van der Waals surface area (Å²) in [7, 11) is 3.60. The molecule has 1 saturated heterocycles. The van der Waals surface area contributed by atoms with Crippen molar-refractivity contribution in [1.29, 1.82) is 0 Å².